The fourth-order valence-electron chi connectivity index (χ4n) is 2.35. The summed E-state index contributed by atoms with van der Waals surface area (Å²) in [5, 5.41) is 0.648. The van der Waals surface area contributed by atoms with Crippen LogP contribution in [0.25, 0.3) is 0 Å². The fourth-order valence-corrected chi connectivity index (χ4v) is 2.63. The van der Waals surface area contributed by atoms with Crippen molar-refractivity contribution in [3.8, 4) is 11.5 Å². The summed E-state index contributed by atoms with van der Waals surface area (Å²) in [6, 6.07) is 20.3. The lowest BCUT2D eigenvalue weighted by molar-refractivity contribution is 0.300. The second kappa shape index (κ2) is 7.81. The van der Waals surface area contributed by atoms with E-state index in [0.717, 1.165) is 22.6 Å². The summed E-state index contributed by atoms with van der Waals surface area (Å²) in [5.74, 6) is 1.52. The second-order valence-corrected chi connectivity index (χ2v) is 6.12. The summed E-state index contributed by atoms with van der Waals surface area (Å²) in [5.41, 5.74) is 14.7. The Hall–Kier alpha value is -2.85. The van der Waals surface area contributed by atoms with Crippen LogP contribution in [0, 0.1) is 0 Å². The first-order valence-electron chi connectivity index (χ1n) is 7.83. The van der Waals surface area contributed by atoms with E-state index in [9.17, 15) is 0 Å². The van der Waals surface area contributed by atoms with Crippen LogP contribution in [-0.2, 0) is 13.2 Å². The smallest absolute Gasteiger partial charge is 0.119 e. The first-order chi connectivity index (χ1) is 12.1. The van der Waals surface area contributed by atoms with Gasteiger partial charge in [-0.25, -0.2) is 0 Å². The van der Waals surface area contributed by atoms with Gasteiger partial charge in [-0.3, -0.25) is 0 Å². The van der Waals surface area contributed by atoms with Gasteiger partial charge in [-0.15, -0.1) is 0 Å². The summed E-state index contributed by atoms with van der Waals surface area (Å²) in [6.45, 7) is 0.832. The number of nitrogen functional groups attached to an aromatic ring is 2. The van der Waals surface area contributed by atoms with Gasteiger partial charge in [0.1, 0.15) is 24.7 Å². The summed E-state index contributed by atoms with van der Waals surface area (Å²) < 4.78 is 11.5. The molecule has 3 aromatic carbocycles. The third kappa shape index (κ3) is 5.06. The van der Waals surface area contributed by atoms with Gasteiger partial charge >= 0.3 is 0 Å². The van der Waals surface area contributed by atoms with Crippen LogP contribution in [0.1, 0.15) is 11.1 Å². The molecule has 0 aliphatic carbocycles. The van der Waals surface area contributed by atoms with Crippen molar-refractivity contribution in [3.63, 3.8) is 0 Å². The predicted octanol–water partition coefficient (Wildman–Crippen LogP) is 4.66. The van der Waals surface area contributed by atoms with Gasteiger partial charge in [0.05, 0.1) is 0 Å². The number of nitrogens with two attached hydrogens (primary N) is 2. The molecule has 3 aromatic rings. The molecule has 5 heteroatoms. The summed E-state index contributed by atoms with van der Waals surface area (Å²) in [4.78, 5) is 0. The first kappa shape index (κ1) is 17.0. The lowest BCUT2D eigenvalue weighted by atomic mass is 10.1. The average molecular weight is 355 g/mol. The van der Waals surface area contributed by atoms with Gasteiger partial charge in [0.2, 0.25) is 0 Å². The Morgan fingerprint density at radius 3 is 1.44 bits per heavy atom. The van der Waals surface area contributed by atoms with Gasteiger partial charge in [-0.05, 0) is 77.9 Å². The molecule has 128 valence electrons. The monoisotopic (exact) mass is 354 g/mol. The molecule has 0 saturated heterocycles. The molecule has 0 spiro atoms. The highest BCUT2D eigenvalue weighted by atomic mass is 35.5. The molecule has 4 N–H and O–H groups in total. The molecule has 0 saturated carbocycles. The molecular formula is C20H19ClN2O2. The highest BCUT2D eigenvalue weighted by Crippen LogP contribution is 2.21. The lowest BCUT2D eigenvalue weighted by Gasteiger charge is -2.11. The van der Waals surface area contributed by atoms with E-state index >= 15 is 0 Å². The second-order valence-electron chi connectivity index (χ2n) is 5.68. The van der Waals surface area contributed by atoms with Crippen LogP contribution in [-0.4, -0.2) is 0 Å². The molecule has 0 amide bonds. The fraction of sp³-hybridized carbons (Fsp3) is 0.100. The third-order valence-electron chi connectivity index (χ3n) is 3.59. The van der Waals surface area contributed by atoms with E-state index in [1.807, 2.05) is 42.5 Å². The number of ether oxygens (including phenoxy) is 2. The zero-order valence-corrected chi connectivity index (χ0v) is 14.4. The minimum absolute atomic E-state index is 0.416. The zero-order valence-electron chi connectivity index (χ0n) is 13.6. The Bertz CT molecular complexity index is 766. The SMILES string of the molecule is Nc1ccc(OCc2cc(Cl)cc(COc3ccc(N)cc3)c2)cc1. The zero-order chi connectivity index (χ0) is 17.6. The van der Waals surface area contributed by atoms with Crippen molar-refractivity contribution in [1.29, 1.82) is 0 Å². The molecule has 0 fully saturated rings. The van der Waals surface area contributed by atoms with E-state index in [-0.39, 0.29) is 0 Å². The van der Waals surface area contributed by atoms with Gasteiger partial charge in [0, 0.05) is 16.4 Å². The standard InChI is InChI=1S/C20H19ClN2O2/c21-16-10-14(12-24-19-5-1-17(22)2-6-19)9-15(11-16)13-25-20-7-3-18(23)4-8-20/h1-11H,12-13,22-23H2. The quantitative estimate of drug-likeness (QED) is 0.631. The molecule has 0 aliphatic rings. The van der Waals surface area contributed by atoms with Gasteiger partial charge in [-0.1, -0.05) is 11.6 Å². The molecule has 0 aliphatic heterocycles. The predicted molar refractivity (Wildman–Crippen MR) is 102 cm³/mol. The van der Waals surface area contributed by atoms with Crippen molar-refractivity contribution >= 4 is 23.0 Å². The molecule has 0 radical (unpaired) electrons. The van der Waals surface area contributed by atoms with Gasteiger partial charge in [0.15, 0.2) is 0 Å². The minimum Gasteiger partial charge on any atom is -0.489 e. The summed E-state index contributed by atoms with van der Waals surface area (Å²) >= 11 is 6.21. The average Bonchev–Trinajstić information content (AvgIpc) is 2.60. The third-order valence-corrected chi connectivity index (χ3v) is 3.81. The molecule has 0 atom stereocenters. The van der Waals surface area contributed by atoms with Crippen LogP contribution in [0.5, 0.6) is 11.5 Å². The molecule has 0 unspecified atom stereocenters. The molecule has 4 nitrogen and oxygen atoms in total. The number of halogens is 1. The summed E-state index contributed by atoms with van der Waals surface area (Å²) in [7, 11) is 0. The molecule has 25 heavy (non-hydrogen) atoms. The van der Waals surface area contributed by atoms with Crippen LogP contribution in [0.15, 0.2) is 66.7 Å². The number of hydrogen-bond acceptors (Lipinski definition) is 4. The maximum absolute atomic E-state index is 6.21. The van der Waals surface area contributed by atoms with Crippen LogP contribution < -0.4 is 20.9 Å². The largest absolute Gasteiger partial charge is 0.489 e. The number of hydrogen-bond donors (Lipinski definition) is 2. The van der Waals surface area contributed by atoms with E-state index in [2.05, 4.69) is 0 Å². The minimum atomic E-state index is 0.416. The van der Waals surface area contributed by atoms with Crippen molar-refractivity contribution in [2.24, 2.45) is 0 Å². The van der Waals surface area contributed by atoms with E-state index < -0.39 is 0 Å². The lowest BCUT2D eigenvalue weighted by Crippen LogP contribution is -2.00. The van der Waals surface area contributed by atoms with Crippen LogP contribution in [0.4, 0.5) is 11.4 Å². The molecule has 0 heterocycles. The van der Waals surface area contributed by atoms with E-state index in [4.69, 9.17) is 32.5 Å². The Morgan fingerprint density at radius 2 is 1.04 bits per heavy atom. The molecular weight excluding hydrogens is 336 g/mol. The Kier molecular flexibility index (Phi) is 5.31. The van der Waals surface area contributed by atoms with Crippen molar-refractivity contribution in [1.82, 2.24) is 0 Å². The molecule has 3 rings (SSSR count). The van der Waals surface area contributed by atoms with E-state index in [0.29, 0.717) is 29.6 Å². The van der Waals surface area contributed by atoms with Gasteiger partial charge in [0.25, 0.3) is 0 Å². The van der Waals surface area contributed by atoms with Gasteiger partial charge in [-0.2, -0.15) is 0 Å². The van der Waals surface area contributed by atoms with Gasteiger partial charge < -0.3 is 20.9 Å². The first-order valence-corrected chi connectivity index (χ1v) is 8.21. The Morgan fingerprint density at radius 1 is 0.640 bits per heavy atom. The molecule has 0 aromatic heterocycles. The number of rotatable bonds is 6. The van der Waals surface area contributed by atoms with Crippen molar-refractivity contribution in [2.45, 2.75) is 13.2 Å². The van der Waals surface area contributed by atoms with Crippen molar-refractivity contribution < 1.29 is 9.47 Å². The summed E-state index contributed by atoms with van der Waals surface area (Å²) in [6.07, 6.45) is 0. The number of anilines is 2. The van der Waals surface area contributed by atoms with Crippen LogP contribution >= 0.6 is 11.6 Å². The topological polar surface area (TPSA) is 70.5 Å². The van der Waals surface area contributed by atoms with E-state index in [1.165, 1.54) is 0 Å². The Balaban J connectivity index is 1.63. The maximum Gasteiger partial charge on any atom is 0.119 e. The Labute approximate surface area is 151 Å². The maximum atomic E-state index is 6.21. The number of benzene rings is 3. The highest BCUT2D eigenvalue weighted by Gasteiger charge is 2.03. The van der Waals surface area contributed by atoms with Crippen LogP contribution in [0.3, 0.4) is 0 Å². The molecule has 0 bridgehead atoms. The van der Waals surface area contributed by atoms with Crippen LogP contribution in [0.2, 0.25) is 5.02 Å². The normalized spacial score (nSPS) is 10.4. The van der Waals surface area contributed by atoms with E-state index in [1.54, 1.807) is 24.3 Å². The highest BCUT2D eigenvalue weighted by molar-refractivity contribution is 6.30. The van der Waals surface area contributed by atoms with Crippen molar-refractivity contribution in [2.75, 3.05) is 11.5 Å². The van der Waals surface area contributed by atoms with Crippen molar-refractivity contribution in [3.05, 3.63) is 82.9 Å².